The maximum absolute atomic E-state index is 10.5. The van der Waals surface area contributed by atoms with Crippen LogP contribution in [0.1, 0.15) is 0 Å². The highest BCUT2D eigenvalue weighted by Crippen LogP contribution is 1.81. The molecular weight excluding hydrogens is 164 g/mol. The van der Waals surface area contributed by atoms with Crippen LogP contribution in [0.2, 0.25) is 0 Å². The smallest absolute Gasteiger partial charge is 0.330 e. The molecule has 0 aromatic heterocycles. The van der Waals surface area contributed by atoms with Gasteiger partial charge in [0.15, 0.2) is 6.29 Å². The number of hydrogen-bond acceptors (Lipinski definition) is 5. The summed E-state index contributed by atoms with van der Waals surface area (Å²) < 4.78 is 4.14. The predicted octanol–water partition coefficient (Wildman–Crippen LogP) is -0.947. The van der Waals surface area contributed by atoms with Crippen LogP contribution >= 0.6 is 0 Å². The molecule has 64 valence electrons. The minimum absolute atomic E-state index is 0.121. The number of carbonyl (C=O) groups is 4. The van der Waals surface area contributed by atoms with E-state index in [9.17, 15) is 19.2 Å². The first-order chi connectivity index (χ1) is 5.61. The molecule has 0 N–H and O–H groups in total. The minimum atomic E-state index is -1.20. The summed E-state index contributed by atoms with van der Waals surface area (Å²) in [4.78, 5) is 40.9. The molecule has 0 aliphatic carbocycles. The Hall–Kier alpha value is -1.78. The first-order valence-electron chi connectivity index (χ1n) is 2.91. The van der Waals surface area contributed by atoms with Gasteiger partial charge in [0.2, 0.25) is 5.78 Å². The Balaban J connectivity index is 4.17. The van der Waals surface area contributed by atoms with E-state index in [-0.39, 0.29) is 6.29 Å². The van der Waals surface area contributed by atoms with Crippen molar-refractivity contribution in [2.24, 2.45) is 0 Å². The summed E-state index contributed by atoms with van der Waals surface area (Å²) in [6, 6.07) is 0. The summed E-state index contributed by atoms with van der Waals surface area (Å²) in [5.74, 6) is -3.01. The largest absolute Gasteiger partial charge is 0.466 e. The van der Waals surface area contributed by atoms with Crippen LogP contribution in [0.5, 0.6) is 0 Å². The van der Waals surface area contributed by atoms with Crippen LogP contribution in [-0.4, -0.2) is 30.9 Å². The second-order valence-electron chi connectivity index (χ2n) is 1.70. The zero-order chi connectivity index (χ0) is 9.56. The fraction of sp³-hybridized carbons (Fsp3) is 0.143. The molecule has 0 spiro atoms. The van der Waals surface area contributed by atoms with Crippen LogP contribution in [0.3, 0.4) is 0 Å². The number of hydrogen-bond donors (Lipinski definition) is 0. The number of esters is 1. The number of allylic oxidation sites excluding steroid dienone is 1. The third-order valence-corrected chi connectivity index (χ3v) is 0.922. The van der Waals surface area contributed by atoms with Crippen molar-refractivity contribution < 1.29 is 23.9 Å². The van der Waals surface area contributed by atoms with E-state index in [2.05, 4.69) is 4.74 Å². The highest BCUT2D eigenvalue weighted by molar-refractivity contribution is 6.60. The molecule has 12 heavy (non-hydrogen) atoms. The first-order valence-corrected chi connectivity index (χ1v) is 2.91. The zero-order valence-corrected chi connectivity index (χ0v) is 6.27. The normalized spacial score (nSPS) is 9.42. The third-order valence-electron chi connectivity index (χ3n) is 0.922. The lowest BCUT2D eigenvalue weighted by Crippen LogP contribution is -2.12. The van der Waals surface area contributed by atoms with Crippen molar-refractivity contribution in [1.29, 1.82) is 0 Å². The number of ketones is 2. The van der Waals surface area contributed by atoms with E-state index < -0.39 is 17.5 Å². The molecule has 0 atom stereocenters. The average Bonchev–Trinajstić information content (AvgIpc) is 2.11. The van der Waals surface area contributed by atoms with Gasteiger partial charge in [0.25, 0.3) is 5.78 Å². The van der Waals surface area contributed by atoms with Crippen molar-refractivity contribution in [2.45, 2.75) is 0 Å². The van der Waals surface area contributed by atoms with Crippen molar-refractivity contribution in [3.05, 3.63) is 12.2 Å². The van der Waals surface area contributed by atoms with E-state index >= 15 is 0 Å². The lowest BCUT2D eigenvalue weighted by atomic mass is 10.2. The van der Waals surface area contributed by atoms with Gasteiger partial charge in [0.05, 0.1) is 7.11 Å². The Bertz CT molecular complexity index is 251. The molecule has 0 unspecified atom stereocenters. The van der Waals surface area contributed by atoms with Gasteiger partial charge in [-0.25, -0.2) is 4.79 Å². The lowest BCUT2D eigenvalue weighted by Gasteiger charge is -1.87. The van der Waals surface area contributed by atoms with Crippen molar-refractivity contribution in [1.82, 2.24) is 0 Å². The molecule has 0 aliphatic heterocycles. The highest BCUT2D eigenvalue weighted by atomic mass is 16.5. The molecule has 0 amide bonds. The van der Waals surface area contributed by atoms with Crippen molar-refractivity contribution in [3.63, 3.8) is 0 Å². The molecule has 0 bridgehead atoms. The Kier molecular flexibility index (Phi) is 4.21. The van der Waals surface area contributed by atoms with Gasteiger partial charge in [-0.05, 0) is 6.08 Å². The first kappa shape index (κ1) is 10.2. The van der Waals surface area contributed by atoms with E-state index in [1.54, 1.807) is 0 Å². The molecule has 0 saturated heterocycles. The molecule has 0 saturated carbocycles. The maximum Gasteiger partial charge on any atom is 0.330 e. The van der Waals surface area contributed by atoms with Gasteiger partial charge in [-0.2, -0.15) is 0 Å². The number of aldehydes is 1. The van der Waals surface area contributed by atoms with E-state index in [1.165, 1.54) is 0 Å². The second kappa shape index (κ2) is 4.95. The molecule has 5 heteroatoms. The van der Waals surface area contributed by atoms with Gasteiger partial charge < -0.3 is 4.74 Å². The molecule has 5 nitrogen and oxygen atoms in total. The standard InChI is InChI=1S/C7H6O5/c1-12-7(11)3-2-5(9)6(10)4-8/h2-4H,1H3/b3-2+. The number of ether oxygens (including phenoxy) is 1. The number of rotatable bonds is 4. The molecule has 0 fully saturated rings. The Morgan fingerprint density at radius 1 is 1.08 bits per heavy atom. The molecule has 0 heterocycles. The van der Waals surface area contributed by atoms with Crippen molar-refractivity contribution >= 4 is 23.8 Å². The van der Waals surface area contributed by atoms with E-state index in [0.29, 0.717) is 6.08 Å². The van der Waals surface area contributed by atoms with Gasteiger partial charge in [0.1, 0.15) is 0 Å². The van der Waals surface area contributed by atoms with Gasteiger partial charge in [-0.1, -0.05) is 0 Å². The van der Waals surface area contributed by atoms with E-state index in [0.717, 1.165) is 13.2 Å². The molecule has 0 radical (unpaired) electrons. The second-order valence-corrected chi connectivity index (χ2v) is 1.70. The van der Waals surface area contributed by atoms with Crippen LogP contribution in [0, 0.1) is 0 Å². The van der Waals surface area contributed by atoms with E-state index in [4.69, 9.17) is 0 Å². The van der Waals surface area contributed by atoms with Crippen molar-refractivity contribution in [2.75, 3.05) is 7.11 Å². The Morgan fingerprint density at radius 3 is 2.08 bits per heavy atom. The topological polar surface area (TPSA) is 77.5 Å². The summed E-state index contributed by atoms with van der Waals surface area (Å²) >= 11 is 0. The maximum atomic E-state index is 10.5. The zero-order valence-electron chi connectivity index (χ0n) is 6.27. The number of carbonyl (C=O) groups excluding carboxylic acids is 4. The molecule has 0 aromatic rings. The average molecular weight is 170 g/mol. The Labute approximate surface area is 68.0 Å². The van der Waals surface area contributed by atoms with Gasteiger partial charge in [0, 0.05) is 6.08 Å². The van der Waals surface area contributed by atoms with Crippen LogP contribution in [0.15, 0.2) is 12.2 Å². The summed E-state index contributed by atoms with van der Waals surface area (Å²) in [5, 5.41) is 0. The summed E-state index contributed by atoms with van der Waals surface area (Å²) in [6.45, 7) is 0. The van der Waals surface area contributed by atoms with Crippen LogP contribution in [-0.2, 0) is 23.9 Å². The van der Waals surface area contributed by atoms with Gasteiger partial charge in [-0.15, -0.1) is 0 Å². The van der Waals surface area contributed by atoms with Crippen LogP contribution < -0.4 is 0 Å². The lowest BCUT2D eigenvalue weighted by molar-refractivity contribution is -0.138. The third kappa shape index (κ3) is 3.40. The summed E-state index contributed by atoms with van der Waals surface area (Å²) in [5.41, 5.74) is 0. The highest BCUT2D eigenvalue weighted by Gasteiger charge is 2.08. The predicted molar refractivity (Wildman–Crippen MR) is 37.2 cm³/mol. The summed E-state index contributed by atoms with van der Waals surface area (Å²) in [6.07, 6.45) is 1.33. The van der Waals surface area contributed by atoms with Gasteiger partial charge in [-0.3, -0.25) is 14.4 Å². The molecular formula is C7H6O5. The Morgan fingerprint density at radius 2 is 1.67 bits per heavy atom. The monoisotopic (exact) mass is 170 g/mol. The molecule has 0 aliphatic rings. The van der Waals surface area contributed by atoms with Gasteiger partial charge >= 0.3 is 5.97 Å². The number of Topliss-reactive ketones (excluding diaryl/α,β-unsaturated/α-hetero) is 1. The van der Waals surface area contributed by atoms with Crippen LogP contribution in [0.4, 0.5) is 0 Å². The van der Waals surface area contributed by atoms with E-state index in [1.807, 2.05) is 0 Å². The van der Waals surface area contributed by atoms with Crippen LogP contribution in [0.25, 0.3) is 0 Å². The quantitative estimate of drug-likeness (QED) is 0.179. The fourth-order valence-electron chi connectivity index (χ4n) is 0.352. The molecule has 0 rings (SSSR count). The minimum Gasteiger partial charge on any atom is -0.466 e. The van der Waals surface area contributed by atoms with Crippen molar-refractivity contribution in [3.8, 4) is 0 Å². The molecule has 0 aromatic carbocycles. The number of methoxy groups -OCH3 is 1. The fourth-order valence-corrected chi connectivity index (χ4v) is 0.352. The summed E-state index contributed by atoms with van der Waals surface area (Å²) in [7, 11) is 1.12. The SMILES string of the molecule is COC(=O)/C=C/C(=O)C(=O)C=O.